The molecule has 0 amide bonds. The molecule has 1 unspecified atom stereocenters. The lowest BCUT2D eigenvalue weighted by molar-refractivity contribution is 0.413. The van der Waals surface area contributed by atoms with Crippen LogP contribution in [0.2, 0.25) is 5.02 Å². The Morgan fingerprint density at radius 3 is 2.45 bits per heavy atom. The first-order valence-corrected chi connectivity index (χ1v) is 7.25. The van der Waals surface area contributed by atoms with Crippen molar-refractivity contribution in [1.82, 2.24) is 5.32 Å². The predicted octanol–water partition coefficient (Wildman–Crippen LogP) is 4.44. The number of benzene rings is 2. The molecule has 1 N–H and O–H groups in total. The summed E-state index contributed by atoms with van der Waals surface area (Å²) in [6.45, 7) is 3.11. The van der Waals surface area contributed by atoms with Gasteiger partial charge in [0.1, 0.15) is 5.75 Å². The third-order valence-corrected chi connectivity index (χ3v) is 3.44. The first-order valence-electron chi connectivity index (χ1n) is 6.87. The summed E-state index contributed by atoms with van der Waals surface area (Å²) in [5, 5.41) is 4.32. The summed E-state index contributed by atoms with van der Waals surface area (Å²) in [7, 11) is 1.69. The zero-order valence-corrected chi connectivity index (χ0v) is 12.7. The number of hydrogen-bond acceptors (Lipinski definition) is 2. The van der Waals surface area contributed by atoms with Gasteiger partial charge >= 0.3 is 0 Å². The summed E-state index contributed by atoms with van der Waals surface area (Å²) in [5.74, 6) is 0.868. The Morgan fingerprint density at radius 2 is 1.80 bits per heavy atom. The van der Waals surface area contributed by atoms with Crippen molar-refractivity contribution in [2.45, 2.75) is 19.4 Å². The lowest BCUT2D eigenvalue weighted by Crippen LogP contribution is -2.23. The smallest absolute Gasteiger partial charge is 0.119 e. The molecule has 0 aliphatic rings. The summed E-state index contributed by atoms with van der Waals surface area (Å²) >= 11 is 6.12. The molecule has 20 heavy (non-hydrogen) atoms. The van der Waals surface area contributed by atoms with Crippen LogP contribution in [0.15, 0.2) is 48.5 Å². The van der Waals surface area contributed by atoms with Gasteiger partial charge in [-0.25, -0.2) is 0 Å². The van der Waals surface area contributed by atoms with Crippen LogP contribution in [0.4, 0.5) is 0 Å². The largest absolute Gasteiger partial charge is 0.497 e. The van der Waals surface area contributed by atoms with E-state index >= 15 is 0 Å². The van der Waals surface area contributed by atoms with Gasteiger partial charge in [0, 0.05) is 5.02 Å². The van der Waals surface area contributed by atoms with Crippen LogP contribution in [0.1, 0.15) is 30.5 Å². The van der Waals surface area contributed by atoms with E-state index in [1.807, 2.05) is 30.3 Å². The van der Waals surface area contributed by atoms with E-state index in [0.717, 1.165) is 23.7 Å². The van der Waals surface area contributed by atoms with Gasteiger partial charge in [-0.3, -0.25) is 0 Å². The molecule has 2 aromatic carbocycles. The molecule has 0 saturated heterocycles. The van der Waals surface area contributed by atoms with Crippen LogP contribution in [0.3, 0.4) is 0 Å². The van der Waals surface area contributed by atoms with Crippen LogP contribution < -0.4 is 10.1 Å². The zero-order chi connectivity index (χ0) is 14.4. The van der Waals surface area contributed by atoms with Gasteiger partial charge in [-0.1, -0.05) is 42.8 Å². The van der Waals surface area contributed by atoms with E-state index in [4.69, 9.17) is 16.3 Å². The standard InChI is InChI=1S/C17H20ClNO/c1-3-10-19-17(13-6-4-8-15(18)11-13)14-7-5-9-16(12-14)20-2/h4-9,11-12,17,19H,3,10H2,1-2H3. The lowest BCUT2D eigenvalue weighted by atomic mass is 9.98. The van der Waals surface area contributed by atoms with Gasteiger partial charge in [0.2, 0.25) is 0 Å². The Hall–Kier alpha value is -1.51. The molecular formula is C17H20ClNO. The molecule has 2 rings (SSSR count). The highest BCUT2D eigenvalue weighted by Crippen LogP contribution is 2.26. The maximum atomic E-state index is 6.12. The lowest BCUT2D eigenvalue weighted by Gasteiger charge is -2.20. The second kappa shape index (κ2) is 7.32. The van der Waals surface area contributed by atoms with Crippen LogP contribution in [0.5, 0.6) is 5.75 Å². The fourth-order valence-electron chi connectivity index (χ4n) is 2.22. The first-order chi connectivity index (χ1) is 9.74. The highest BCUT2D eigenvalue weighted by molar-refractivity contribution is 6.30. The maximum Gasteiger partial charge on any atom is 0.119 e. The first kappa shape index (κ1) is 14.9. The van der Waals surface area contributed by atoms with Crippen molar-refractivity contribution >= 4 is 11.6 Å². The van der Waals surface area contributed by atoms with E-state index < -0.39 is 0 Å². The molecular weight excluding hydrogens is 270 g/mol. The van der Waals surface area contributed by atoms with Crippen molar-refractivity contribution in [2.24, 2.45) is 0 Å². The SMILES string of the molecule is CCCNC(c1cccc(Cl)c1)c1cccc(OC)c1. The van der Waals surface area contributed by atoms with Crippen LogP contribution in [-0.4, -0.2) is 13.7 Å². The number of methoxy groups -OCH3 is 1. The van der Waals surface area contributed by atoms with Crippen molar-refractivity contribution < 1.29 is 4.74 Å². The van der Waals surface area contributed by atoms with Gasteiger partial charge < -0.3 is 10.1 Å². The van der Waals surface area contributed by atoms with Crippen LogP contribution >= 0.6 is 11.6 Å². The summed E-state index contributed by atoms with van der Waals surface area (Å²) in [4.78, 5) is 0. The molecule has 0 aromatic heterocycles. The number of rotatable bonds is 6. The second-order valence-corrected chi connectivity index (χ2v) is 5.16. The maximum absolute atomic E-state index is 6.12. The van der Waals surface area contributed by atoms with Crippen LogP contribution in [0.25, 0.3) is 0 Å². The number of hydrogen-bond donors (Lipinski definition) is 1. The molecule has 3 heteroatoms. The van der Waals surface area contributed by atoms with Crippen molar-refractivity contribution in [3.63, 3.8) is 0 Å². The molecule has 0 saturated carbocycles. The average Bonchev–Trinajstić information content (AvgIpc) is 2.48. The Morgan fingerprint density at radius 1 is 1.10 bits per heavy atom. The van der Waals surface area contributed by atoms with E-state index in [2.05, 4.69) is 30.4 Å². The van der Waals surface area contributed by atoms with Crippen LogP contribution in [-0.2, 0) is 0 Å². The number of halogens is 1. The quantitative estimate of drug-likeness (QED) is 0.849. The summed E-state index contributed by atoms with van der Waals surface area (Å²) in [5.41, 5.74) is 2.35. The fraction of sp³-hybridized carbons (Fsp3) is 0.294. The molecule has 1 atom stereocenters. The summed E-state index contributed by atoms with van der Waals surface area (Å²) in [6.07, 6.45) is 1.08. The highest BCUT2D eigenvalue weighted by Gasteiger charge is 2.14. The minimum absolute atomic E-state index is 0.128. The molecule has 106 valence electrons. The molecule has 0 aliphatic carbocycles. The van der Waals surface area contributed by atoms with Crippen molar-refractivity contribution in [2.75, 3.05) is 13.7 Å². The molecule has 2 aromatic rings. The Balaban J connectivity index is 2.35. The molecule has 0 radical (unpaired) electrons. The molecule has 2 nitrogen and oxygen atoms in total. The topological polar surface area (TPSA) is 21.3 Å². The Labute approximate surface area is 125 Å². The van der Waals surface area contributed by atoms with E-state index in [1.54, 1.807) is 7.11 Å². The van der Waals surface area contributed by atoms with E-state index in [-0.39, 0.29) is 6.04 Å². The number of nitrogens with one attached hydrogen (secondary N) is 1. The number of ether oxygens (including phenoxy) is 1. The van der Waals surface area contributed by atoms with Gasteiger partial charge in [0.25, 0.3) is 0 Å². The van der Waals surface area contributed by atoms with Crippen LogP contribution in [0, 0.1) is 0 Å². The van der Waals surface area contributed by atoms with Crippen molar-refractivity contribution in [3.05, 3.63) is 64.7 Å². The van der Waals surface area contributed by atoms with Crippen molar-refractivity contribution in [1.29, 1.82) is 0 Å². The normalized spacial score (nSPS) is 12.2. The predicted molar refractivity (Wildman–Crippen MR) is 84.6 cm³/mol. The third-order valence-electron chi connectivity index (χ3n) is 3.21. The fourth-order valence-corrected chi connectivity index (χ4v) is 2.42. The van der Waals surface area contributed by atoms with Gasteiger partial charge in [-0.05, 0) is 48.4 Å². The zero-order valence-electron chi connectivity index (χ0n) is 11.9. The van der Waals surface area contributed by atoms with E-state index in [0.29, 0.717) is 0 Å². The monoisotopic (exact) mass is 289 g/mol. The third kappa shape index (κ3) is 3.75. The highest BCUT2D eigenvalue weighted by atomic mass is 35.5. The van der Waals surface area contributed by atoms with Gasteiger partial charge in [0.15, 0.2) is 0 Å². The van der Waals surface area contributed by atoms with Gasteiger partial charge in [0.05, 0.1) is 13.2 Å². The Bertz CT molecular complexity index is 556. The average molecular weight is 290 g/mol. The molecule has 0 heterocycles. The molecule has 0 bridgehead atoms. The van der Waals surface area contributed by atoms with Crippen molar-refractivity contribution in [3.8, 4) is 5.75 Å². The minimum atomic E-state index is 0.128. The van der Waals surface area contributed by atoms with E-state index in [9.17, 15) is 0 Å². The minimum Gasteiger partial charge on any atom is -0.497 e. The second-order valence-electron chi connectivity index (χ2n) is 4.72. The van der Waals surface area contributed by atoms with Gasteiger partial charge in [-0.2, -0.15) is 0 Å². The molecule has 0 spiro atoms. The summed E-state index contributed by atoms with van der Waals surface area (Å²) < 4.78 is 5.32. The molecule has 0 fully saturated rings. The Kier molecular flexibility index (Phi) is 5.45. The van der Waals surface area contributed by atoms with E-state index in [1.165, 1.54) is 11.1 Å². The molecule has 0 aliphatic heterocycles. The van der Waals surface area contributed by atoms with Gasteiger partial charge in [-0.15, -0.1) is 0 Å². The summed E-state index contributed by atoms with van der Waals surface area (Å²) in [6, 6.07) is 16.3.